The molecule has 7 nitrogen and oxygen atoms in total. The summed E-state index contributed by atoms with van der Waals surface area (Å²) in [7, 11) is -3.94. The monoisotopic (exact) mass is 314 g/mol. The molecule has 0 unspecified atom stereocenters. The lowest BCUT2D eigenvalue weighted by molar-refractivity contribution is -0.136. The van der Waals surface area contributed by atoms with Crippen molar-refractivity contribution in [3.63, 3.8) is 0 Å². The van der Waals surface area contributed by atoms with Crippen LogP contribution < -0.4 is 10.5 Å². The van der Waals surface area contributed by atoms with E-state index in [4.69, 9.17) is 10.8 Å². The zero-order valence-electron chi connectivity index (χ0n) is 12.1. The Morgan fingerprint density at radius 3 is 2.29 bits per heavy atom. The third-order valence-corrected chi connectivity index (χ3v) is 4.78. The Balaban J connectivity index is 3.42. The number of benzene rings is 1. The summed E-state index contributed by atoms with van der Waals surface area (Å²) in [5.41, 5.74) is 6.94. The van der Waals surface area contributed by atoms with Gasteiger partial charge in [0.25, 0.3) is 0 Å². The van der Waals surface area contributed by atoms with E-state index < -0.39 is 28.4 Å². The molecule has 1 rings (SSSR count). The molecular weight excluding hydrogens is 296 g/mol. The Labute approximate surface area is 123 Å². The van der Waals surface area contributed by atoms with Crippen molar-refractivity contribution in [2.45, 2.75) is 32.1 Å². The molecule has 21 heavy (non-hydrogen) atoms. The molecule has 0 aliphatic heterocycles. The van der Waals surface area contributed by atoms with Crippen LogP contribution in [0, 0.1) is 20.8 Å². The second-order valence-electron chi connectivity index (χ2n) is 4.80. The minimum absolute atomic E-state index is 0.00870. The largest absolute Gasteiger partial charge is 0.481 e. The molecule has 4 N–H and O–H groups in total. The number of hydrogen-bond donors (Lipinski definition) is 3. The molecule has 1 aromatic rings. The average Bonchev–Trinajstić information content (AvgIpc) is 2.31. The molecule has 116 valence electrons. The van der Waals surface area contributed by atoms with Crippen molar-refractivity contribution in [3.05, 3.63) is 28.3 Å². The van der Waals surface area contributed by atoms with Crippen molar-refractivity contribution in [2.24, 2.45) is 5.73 Å². The number of carbonyl (C=O) groups excluding carboxylic acids is 1. The van der Waals surface area contributed by atoms with Crippen molar-refractivity contribution in [1.82, 2.24) is 4.72 Å². The molecule has 0 heterocycles. The first-order valence-electron chi connectivity index (χ1n) is 6.15. The van der Waals surface area contributed by atoms with Crippen LogP contribution >= 0.6 is 0 Å². The number of carbonyl (C=O) groups is 2. The number of rotatable bonds is 6. The highest BCUT2D eigenvalue weighted by Gasteiger charge is 2.23. The van der Waals surface area contributed by atoms with Gasteiger partial charge < -0.3 is 10.8 Å². The fourth-order valence-electron chi connectivity index (χ4n) is 2.28. The lowest BCUT2D eigenvalue weighted by Crippen LogP contribution is -2.34. The van der Waals surface area contributed by atoms with Gasteiger partial charge in [-0.25, -0.2) is 13.1 Å². The van der Waals surface area contributed by atoms with E-state index in [0.29, 0.717) is 22.3 Å². The summed E-state index contributed by atoms with van der Waals surface area (Å²) in [4.78, 5) is 21.6. The second kappa shape index (κ2) is 6.23. The van der Waals surface area contributed by atoms with Crippen LogP contribution in [0.15, 0.2) is 11.0 Å². The normalized spacial score (nSPS) is 11.4. The summed E-state index contributed by atoms with van der Waals surface area (Å²) in [6.45, 7) is 4.38. The van der Waals surface area contributed by atoms with Crippen LogP contribution in [0.3, 0.4) is 0 Å². The fourth-order valence-corrected chi connectivity index (χ4v) is 3.77. The molecule has 8 heteroatoms. The quantitative estimate of drug-likeness (QED) is 0.681. The van der Waals surface area contributed by atoms with E-state index in [-0.39, 0.29) is 11.3 Å². The summed E-state index contributed by atoms with van der Waals surface area (Å²) < 4.78 is 26.6. The lowest BCUT2D eigenvalue weighted by atomic mass is 9.97. The van der Waals surface area contributed by atoms with Crippen molar-refractivity contribution in [1.29, 1.82) is 0 Å². The number of nitrogens with two attached hydrogens (primary N) is 1. The van der Waals surface area contributed by atoms with Crippen molar-refractivity contribution in [2.75, 3.05) is 6.54 Å². The molecule has 0 aromatic heterocycles. The Bertz CT molecular complexity index is 695. The van der Waals surface area contributed by atoms with Gasteiger partial charge in [0, 0.05) is 0 Å². The molecule has 0 spiro atoms. The topological polar surface area (TPSA) is 127 Å². The number of primary amides is 1. The summed E-state index contributed by atoms with van der Waals surface area (Å²) in [5.74, 6) is -1.84. The van der Waals surface area contributed by atoms with E-state index in [1.807, 2.05) is 0 Å². The molecule has 1 aromatic carbocycles. The van der Waals surface area contributed by atoms with Gasteiger partial charge in [-0.1, -0.05) is 6.07 Å². The predicted octanol–water partition coefficient (Wildman–Crippen LogP) is 0.00256. The fraction of sp³-hybridized carbons (Fsp3) is 0.385. The zero-order valence-corrected chi connectivity index (χ0v) is 12.9. The minimum Gasteiger partial charge on any atom is -0.481 e. The number of amides is 1. The number of nitrogens with one attached hydrogen (secondary N) is 1. The first-order valence-corrected chi connectivity index (χ1v) is 7.64. The van der Waals surface area contributed by atoms with Crippen molar-refractivity contribution >= 4 is 21.9 Å². The second-order valence-corrected chi connectivity index (χ2v) is 6.51. The Morgan fingerprint density at radius 1 is 1.24 bits per heavy atom. The van der Waals surface area contributed by atoms with Gasteiger partial charge in [0.1, 0.15) is 0 Å². The molecule has 0 atom stereocenters. The van der Waals surface area contributed by atoms with Crippen molar-refractivity contribution < 1.29 is 23.1 Å². The van der Waals surface area contributed by atoms with Crippen LogP contribution in [0.4, 0.5) is 0 Å². The average molecular weight is 314 g/mol. The minimum atomic E-state index is -3.94. The highest BCUT2D eigenvalue weighted by atomic mass is 32.2. The number of sulfonamides is 1. The first-order chi connectivity index (χ1) is 9.56. The Morgan fingerprint density at radius 2 is 1.81 bits per heavy atom. The zero-order chi connectivity index (χ0) is 16.4. The van der Waals surface area contributed by atoms with Gasteiger partial charge in [0.05, 0.1) is 17.9 Å². The Kier molecular flexibility index (Phi) is 5.08. The van der Waals surface area contributed by atoms with Gasteiger partial charge in [-0.05, 0) is 43.0 Å². The molecule has 0 aliphatic carbocycles. The molecule has 1 amide bonds. The van der Waals surface area contributed by atoms with E-state index in [1.54, 1.807) is 26.8 Å². The molecule has 0 fully saturated rings. The summed E-state index contributed by atoms with van der Waals surface area (Å²) in [6.07, 6.45) is -0.268. The number of carboxylic acids is 1. The maximum Gasteiger partial charge on any atom is 0.307 e. The third kappa shape index (κ3) is 4.02. The van der Waals surface area contributed by atoms with E-state index >= 15 is 0 Å². The molecule has 0 radical (unpaired) electrons. The van der Waals surface area contributed by atoms with Gasteiger partial charge >= 0.3 is 5.97 Å². The number of hydrogen-bond acceptors (Lipinski definition) is 4. The highest BCUT2D eigenvalue weighted by molar-refractivity contribution is 7.89. The molecule has 0 saturated heterocycles. The highest BCUT2D eigenvalue weighted by Crippen LogP contribution is 2.26. The number of aliphatic carboxylic acids is 1. The third-order valence-electron chi connectivity index (χ3n) is 3.09. The van der Waals surface area contributed by atoms with Gasteiger partial charge in [-0.2, -0.15) is 0 Å². The summed E-state index contributed by atoms with van der Waals surface area (Å²) in [5, 5.41) is 8.93. The summed E-state index contributed by atoms with van der Waals surface area (Å²) >= 11 is 0. The molecule has 0 bridgehead atoms. The standard InChI is InChI=1S/C13H18N2O5S/c1-7-4-8(2)13(9(3)10(7)5-12(17)18)21(19,20)15-6-11(14)16/h4,15H,5-6H2,1-3H3,(H2,14,16)(H,17,18). The van der Waals surface area contributed by atoms with Gasteiger partial charge in [0.15, 0.2) is 0 Å². The maximum absolute atomic E-state index is 12.3. The van der Waals surface area contributed by atoms with E-state index in [1.165, 1.54) is 0 Å². The lowest BCUT2D eigenvalue weighted by Gasteiger charge is -2.16. The Hall–Kier alpha value is -1.93. The van der Waals surface area contributed by atoms with Crippen LogP contribution in [0.1, 0.15) is 22.3 Å². The van der Waals surface area contributed by atoms with Gasteiger partial charge in [-0.3, -0.25) is 9.59 Å². The van der Waals surface area contributed by atoms with Crippen molar-refractivity contribution in [3.8, 4) is 0 Å². The van der Waals surface area contributed by atoms with E-state index in [2.05, 4.69) is 4.72 Å². The smallest absolute Gasteiger partial charge is 0.307 e. The van der Waals surface area contributed by atoms with E-state index in [9.17, 15) is 18.0 Å². The van der Waals surface area contributed by atoms with E-state index in [0.717, 1.165) is 0 Å². The number of carboxylic acid groups (broad SMARTS) is 1. The molecular formula is C13H18N2O5S. The van der Waals surface area contributed by atoms with Gasteiger partial charge in [0.2, 0.25) is 15.9 Å². The summed E-state index contributed by atoms with van der Waals surface area (Å²) in [6, 6.07) is 1.62. The van der Waals surface area contributed by atoms with Crippen LogP contribution in [-0.2, 0) is 26.0 Å². The number of aryl methyl sites for hydroxylation is 2. The predicted molar refractivity (Wildman–Crippen MR) is 76.4 cm³/mol. The van der Waals surface area contributed by atoms with Crippen LogP contribution in [-0.4, -0.2) is 31.9 Å². The SMILES string of the molecule is Cc1cc(C)c(S(=O)(=O)NCC(N)=O)c(C)c1CC(=O)O. The van der Waals surface area contributed by atoms with Gasteiger partial charge in [-0.15, -0.1) is 0 Å². The first kappa shape index (κ1) is 17.1. The molecule has 0 saturated carbocycles. The molecule has 0 aliphatic rings. The van der Waals surface area contributed by atoms with Crippen LogP contribution in [0.2, 0.25) is 0 Å². The maximum atomic E-state index is 12.3. The van der Waals surface area contributed by atoms with Crippen LogP contribution in [0.5, 0.6) is 0 Å². The van der Waals surface area contributed by atoms with Crippen LogP contribution in [0.25, 0.3) is 0 Å².